The first-order chi connectivity index (χ1) is 9.47. The van der Waals surface area contributed by atoms with Gasteiger partial charge in [0, 0.05) is 0 Å². The van der Waals surface area contributed by atoms with Gasteiger partial charge in [-0.1, -0.05) is 34.1 Å². The largest absolute Gasteiger partial charge is 0.458 e. The number of esters is 1. The highest BCUT2D eigenvalue weighted by Gasteiger charge is 2.32. The molecule has 0 aromatic carbocycles. The summed E-state index contributed by atoms with van der Waals surface area (Å²) in [4.78, 5) is 24.2. The van der Waals surface area contributed by atoms with Crippen molar-refractivity contribution >= 4 is 11.9 Å². The number of amides is 1. The fourth-order valence-corrected chi connectivity index (χ4v) is 1.84. The molecular formula is C16H31NO4. The molecule has 0 aromatic rings. The summed E-state index contributed by atoms with van der Waals surface area (Å²) in [5, 5.41) is 12.5. The van der Waals surface area contributed by atoms with Crippen molar-refractivity contribution in [1.82, 2.24) is 5.32 Å². The molecule has 0 rings (SSSR count). The fourth-order valence-electron chi connectivity index (χ4n) is 1.84. The van der Waals surface area contributed by atoms with Crippen molar-refractivity contribution in [3.05, 3.63) is 0 Å². The number of hydrogen-bond acceptors (Lipinski definition) is 4. The zero-order chi connectivity index (χ0) is 16.8. The molecule has 1 unspecified atom stereocenters. The van der Waals surface area contributed by atoms with E-state index in [1.165, 1.54) is 0 Å². The van der Waals surface area contributed by atoms with E-state index in [2.05, 4.69) is 5.32 Å². The Kier molecular flexibility index (Phi) is 7.93. The second-order valence-electron chi connectivity index (χ2n) is 7.05. The van der Waals surface area contributed by atoms with E-state index in [-0.39, 0.29) is 11.8 Å². The maximum Gasteiger partial charge on any atom is 0.329 e. The quantitative estimate of drug-likeness (QED) is 0.707. The van der Waals surface area contributed by atoms with Gasteiger partial charge in [-0.3, -0.25) is 4.79 Å². The van der Waals surface area contributed by atoms with Gasteiger partial charge in [0.1, 0.15) is 17.7 Å². The summed E-state index contributed by atoms with van der Waals surface area (Å²) in [5.74, 6) is -0.828. The third-order valence-electron chi connectivity index (χ3n) is 3.17. The first-order valence-corrected chi connectivity index (χ1v) is 7.69. The molecule has 0 saturated carbocycles. The van der Waals surface area contributed by atoms with Gasteiger partial charge in [-0.15, -0.1) is 0 Å². The molecule has 0 spiro atoms. The molecule has 2 N–H and O–H groups in total. The molecule has 124 valence electrons. The molecule has 5 nitrogen and oxygen atoms in total. The maximum absolute atomic E-state index is 12.2. The van der Waals surface area contributed by atoms with Gasteiger partial charge in [0.15, 0.2) is 0 Å². The van der Waals surface area contributed by atoms with Gasteiger partial charge in [-0.2, -0.15) is 0 Å². The third kappa shape index (κ3) is 8.05. The summed E-state index contributed by atoms with van der Waals surface area (Å²) in [7, 11) is 0. The monoisotopic (exact) mass is 301 g/mol. The molecule has 3 atom stereocenters. The second-order valence-corrected chi connectivity index (χ2v) is 7.05. The van der Waals surface area contributed by atoms with Gasteiger partial charge in [-0.05, 0) is 39.0 Å². The number of rotatable bonds is 7. The maximum atomic E-state index is 12.2. The summed E-state index contributed by atoms with van der Waals surface area (Å²) in [6, 6.07) is -0.733. The molecule has 1 amide bonds. The van der Waals surface area contributed by atoms with Gasteiger partial charge in [0.25, 0.3) is 0 Å². The predicted octanol–water partition coefficient (Wildman–Crippen LogP) is 2.27. The van der Waals surface area contributed by atoms with Gasteiger partial charge in [0.05, 0.1) is 0 Å². The van der Waals surface area contributed by atoms with Crippen molar-refractivity contribution in [2.45, 2.75) is 79.1 Å². The lowest BCUT2D eigenvalue weighted by Gasteiger charge is -2.28. The van der Waals surface area contributed by atoms with Crippen LogP contribution in [-0.2, 0) is 14.3 Å². The molecule has 5 heteroatoms. The average Bonchev–Trinajstić information content (AvgIpc) is 2.31. The summed E-state index contributed by atoms with van der Waals surface area (Å²) in [5.41, 5.74) is -0.607. The van der Waals surface area contributed by atoms with Crippen LogP contribution in [0.3, 0.4) is 0 Å². The number of aliphatic hydroxyl groups is 1. The minimum absolute atomic E-state index is 0.0601. The van der Waals surface area contributed by atoms with E-state index in [4.69, 9.17) is 4.74 Å². The normalized spacial score (nSPS) is 16.2. The Morgan fingerprint density at radius 1 is 1.19 bits per heavy atom. The molecule has 0 saturated heterocycles. The van der Waals surface area contributed by atoms with Crippen LogP contribution in [-0.4, -0.2) is 34.7 Å². The molecule has 21 heavy (non-hydrogen) atoms. The van der Waals surface area contributed by atoms with Crippen LogP contribution in [0.5, 0.6) is 0 Å². The third-order valence-corrected chi connectivity index (χ3v) is 3.17. The molecule has 0 fully saturated rings. The SMILES string of the molecule is CC[C@H](C)[C@H](NC(=O)C(O)CC(C)C)C(=O)OC(C)(C)C. The minimum atomic E-state index is -1.10. The Morgan fingerprint density at radius 2 is 1.71 bits per heavy atom. The van der Waals surface area contributed by atoms with E-state index in [1.807, 2.05) is 27.7 Å². The fraction of sp³-hybridized carbons (Fsp3) is 0.875. The lowest BCUT2D eigenvalue weighted by molar-refractivity contribution is -0.160. The number of carbonyl (C=O) groups excluding carboxylic acids is 2. The molecule has 0 aliphatic rings. The summed E-state index contributed by atoms with van der Waals surface area (Å²) >= 11 is 0. The van der Waals surface area contributed by atoms with Crippen LogP contribution >= 0.6 is 0 Å². The Bertz CT molecular complexity index is 347. The van der Waals surface area contributed by atoms with Crippen LogP contribution in [0.1, 0.15) is 61.3 Å². The van der Waals surface area contributed by atoms with E-state index >= 15 is 0 Å². The van der Waals surface area contributed by atoms with Crippen molar-refractivity contribution in [1.29, 1.82) is 0 Å². The number of carbonyl (C=O) groups is 2. The van der Waals surface area contributed by atoms with Crippen molar-refractivity contribution in [3.8, 4) is 0 Å². The van der Waals surface area contributed by atoms with E-state index in [9.17, 15) is 14.7 Å². The predicted molar refractivity (Wildman–Crippen MR) is 82.7 cm³/mol. The lowest BCUT2D eigenvalue weighted by atomic mass is 9.98. The summed E-state index contributed by atoms with van der Waals surface area (Å²) in [6.45, 7) is 13.0. The summed E-state index contributed by atoms with van der Waals surface area (Å²) < 4.78 is 5.35. The molecule has 0 aliphatic carbocycles. The molecule has 0 radical (unpaired) electrons. The number of ether oxygens (including phenoxy) is 1. The van der Waals surface area contributed by atoms with Gasteiger partial charge < -0.3 is 15.2 Å². The first-order valence-electron chi connectivity index (χ1n) is 7.69. The van der Waals surface area contributed by atoms with Crippen LogP contribution < -0.4 is 5.32 Å². The Balaban J connectivity index is 4.85. The van der Waals surface area contributed by atoms with Gasteiger partial charge in [0.2, 0.25) is 5.91 Å². The molecular weight excluding hydrogens is 270 g/mol. The highest BCUT2D eigenvalue weighted by Crippen LogP contribution is 2.15. The van der Waals surface area contributed by atoms with Crippen molar-refractivity contribution in [2.24, 2.45) is 11.8 Å². The molecule has 0 aromatic heterocycles. The van der Waals surface area contributed by atoms with E-state index in [1.54, 1.807) is 20.8 Å². The summed E-state index contributed by atoms with van der Waals surface area (Å²) in [6.07, 6.45) is -0.00307. The van der Waals surface area contributed by atoms with Crippen LogP contribution in [0.4, 0.5) is 0 Å². The van der Waals surface area contributed by atoms with E-state index in [0.29, 0.717) is 6.42 Å². The van der Waals surface area contributed by atoms with Crippen molar-refractivity contribution in [2.75, 3.05) is 0 Å². The van der Waals surface area contributed by atoms with Crippen LogP contribution in [0.15, 0.2) is 0 Å². The lowest BCUT2D eigenvalue weighted by Crippen LogP contribution is -2.50. The van der Waals surface area contributed by atoms with E-state index < -0.39 is 29.6 Å². The van der Waals surface area contributed by atoms with Crippen LogP contribution in [0.25, 0.3) is 0 Å². The minimum Gasteiger partial charge on any atom is -0.458 e. The van der Waals surface area contributed by atoms with Gasteiger partial charge >= 0.3 is 5.97 Å². The highest BCUT2D eigenvalue weighted by molar-refractivity contribution is 5.87. The first kappa shape index (κ1) is 19.9. The molecule has 0 bridgehead atoms. The molecule has 0 heterocycles. The Labute approximate surface area is 128 Å². The number of hydrogen-bond donors (Lipinski definition) is 2. The zero-order valence-electron chi connectivity index (χ0n) is 14.4. The van der Waals surface area contributed by atoms with E-state index in [0.717, 1.165) is 6.42 Å². The molecule has 0 aliphatic heterocycles. The Hall–Kier alpha value is -1.10. The highest BCUT2D eigenvalue weighted by atomic mass is 16.6. The second kappa shape index (κ2) is 8.37. The van der Waals surface area contributed by atoms with Crippen molar-refractivity contribution in [3.63, 3.8) is 0 Å². The Morgan fingerprint density at radius 3 is 2.10 bits per heavy atom. The van der Waals surface area contributed by atoms with Crippen molar-refractivity contribution < 1.29 is 19.4 Å². The zero-order valence-corrected chi connectivity index (χ0v) is 14.4. The smallest absolute Gasteiger partial charge is 0.329 e. The van der Waals surface area contributed by atoms with Crippen LogP contribution in [0.2, 0.25) is 0 Å². The number of nitrogens with one attached hydrogen (secondary N) is 1. The topological polar surface area (TPSA) is 75.6 Å². The standard InChI is InChI=1S/C16H31NO4/c1-8-11(4)13(15(20)21-16(5,6)7)17-14(19)12(18)9-10(2)3/h10-13,18H,8-9H2,1-7H3,(H,17,19)/t11-,12?,13-/m0/s1. The van der Waals surface area contributed by atoms with Gasteiger partial charge in [-0.25, -0.2) is 4.79 Å². The average molecular weight is 301 g/mol. The number of aliphatic hydroxyl groups excluding tert-OH is 1. The van der Waals surface area contributed by atoms with Crippen LogP contribution in [0, 0.1) is 11.8 Å².